The average molecular weight is 242 g/mol. The van der Waals surface area contributed by atoms with Gasteiger partial charge in [0.1, 0.15) is 0 Å². The van der Waals surface area contributed by atoms with Crippen LogP contribution in [0.4, 0.5) is 0 Å². The molecule has 88 valence electrons. The van der Waals surface area contributed by atoms with Gasteiger partial charge in [0.05, 0.1) is 23.2 Å². The Morgan fingerprint density at radius 3 is 3.06 bits per heavy atom. The number of aromatic nitrogens is 1. The van der Waals surface area contributed by atoms with Gasteiger partial charge in [-0.3, -0.25) is 0 Å². The number of nitrogens with zero attached hydrogens (tertiary/aromatic N) is 1. The first-order valence-corrected chi connectivity index (χ1v) is 7.39. The quantitative estimate of drug-likeness (QED) is 0.779. The Bertz CT molecular complexity index is 500. The lowest BCUT2D eigenvalue weighted by molar-refractivity contribution is 0.347. The van der Waals surface area contributed by atoms with Gasteiger partial charge in [0.15, 0.2) is 15.6 Å². The molecule has 1 N–H and O–H groups in total. The number of hydrogen-bond donors (Lipinski definition) is 1. The summed E-state index contributed by atoms with van der Waals surface area (Å²) in [7, 11) is -2.95. The van der Waals surface area contributed by atoms with Crippen LogP contribution in [0, 0.1) is 0 Å². The van der Waals surface area contributed by atoms with Gasteiger partial charge in [-0.05, 0) is 19.4 Å². The van der Waals surface area contributed by atoms with Crippen molar-refractivity contribution in [2.75, 3.05) is 12.3 Å². The van der Waals surface area contributed by atoms with Crippen LogP contribution in [-0.2, 0) is 22.0 Å². The summed E-state index contributed by atoms with van der Waals surface area (Å²) in [6, 6.07) is 0.157. The highest BCUT2D eigenvalue weighted by molar-refractivity contribution is 7.90. The van der Waals surface area contributed by atoms with Crippen LogP contribution in [0.25, 0.3) is 0 Å². The maximum absolute atomic E-state index is 11.6. The molecule has 1 aromatic heterocycles. The van der Waals surface area contributed by atoms with Crippen molar-refractivity contribution in [2.24, 2.45) is 0 Å². The molecule has 1 aromatic rings. The SMILES string of the molecule is O=S1(=O)CCc2noc(C3CCCN3)c2C1. The molecule has 0 radical (unpaired) electrons. The molecule has 0 aromatic carbocycles. The summed E-state index contributed by atoms with van der Waals surface area (Å²) in [6.45, 7) is 0.965. The second kappa shape index (κ2) is 3.56. The Morgan fingerprint density at radius 1 is 1.44 bits per heavy atom. The second-order valence-electron chi connectivity index (χ2n) is 4.46. The van der Waals surface area contributed by atoms with Crippen LogP contribution in [0.3, 0.4) is 0 Å². The summed E-state index contributed by atoms with van der Waals surface area (Å²) >= 11 is 0. The lowest BCUT2D eigenvalue weighted by Crippen LogP contribution is -2.21. The predicted molar refractivity (Wildman–Crippen MR) is 57.7 cm³/mol. The number of fused-ring (bicyclic) bond motifs is 1. The molecule has 0 aliphatic carbocycles. The first kappa shape index (κ1) is 10.3. The number of hydrogen-bond acceptors (Lipinski definition) is 5. The number of aryl methyl sites for hydroxylation is 1. The highest BCUT2D eigenvalue weighted by Gasteiger charge is 2.32. The van der Waals surface area contributed by atoms with E-state index in [9.17, 15) is 8.42 Å². The van der Waals surface area contributed by atoms with Gasteiger partial charge >= 0.3 is 0 Å². The van der Waals surface area contributed by atoms with Crippen LogP contribution in [0.15, 0.2) is 4.52 Å². The number of nitrogens with one attached hydrogen (secondary N) is 1. The molecular formula is C10H14N2O3S. The van der Waals surface area contributed by atoms with E-state index in [0.29, 0.717) is 6.42 Å². The number of sulfone groups is 1. The van der Waals surface area contributed by atoms with Crippen LogP contribution in [0.2, 0.25) is 0 Å². The third-order valence-corrected chi connectivity index (χ3v) is 4.85. The van der Waals surface area contributed by atoms with Crippen molar-refractivity contribution in [3.05, 3.63) is 17.0 Å². The third kappa shape index (κ3) is 1.66. The van der Waals surface area contributed by atoms with E-state index in [0.717, 1.165) is 36.4 Å². The second-order valence-corrected chi connectivity index (χ2v) is 6.65. The molecule has 1 unspecified atom stereocenters. The summed E-state index contributed by atoms with van der Waals surface area (Å²) in [5.74, 6) is 1.04. The van der Waals surface area contributed by atoms with E-state index >= 15 is 0 Å². The number of rotatable bonds is 1. The third-order valence-electron chi connectivity index (χ3n) is 3.29. The zero-order valence-electron chi connectivity index (χ0n) is 8.90. The molecule has 1 fully saturated rings. The summed E-state index contributed by atoms with van der Waals surface area (Å²) < 4.78 is 28.5. The first-order chi connectivity index (χ1) is 7.66. The topological polar surface area (TPSA) is 72.2 Å². The van der Waals surface area contributed by atoms with E-state index in [4.69, 9.17) is 4.52 Å². The Balaban J connectivity index is 1.99. The predicted octanol–water partition coefficient (Wildman–Crippen LogP) is 0.570. The Hall–Kier alpha value is -0.880. The van der Waals surface area contributed by atoms with E-state index in [1.807, 2.05) is 0 Å². The largest absolute Gasteiger partial charge is 0.359 e. The van der Waals surface area contributed by atoms with Gasteiger partial charge in [-0.1, -0.05) is 5.16 Å². The molecule has 0 spiro atoms. The molecule has 16 heavy (non-hydrogen) atoms. The van der Waals surface area contributed by atoms with Gasteiger partial charge in [0, 0.05) is 12.0 Å². The summed E-state index contributed by atoms with van der Waals surface area (Å²) in [5.41, 5.74) is 1.64. The van der Waals surface area contributed by atoms with E-state index in [2.05, 4.69) is 10.5 Å². The van der Waals surface area contributed by atoms with E-state index in [-0.39, 0.29) is 17.5 Å². The maximum Gasteiger partial charge on any atom is 0.158 e. The lowest BCUT2D eigenvalue weighted by atomic mass is 10.1. The highest BCUT2D eigenvalue weighted by Crippen LogP contribution is 2.31. The standard InChI is InChI=1S/C10H14N2O3S/c13-16(14)5-3-8-7(6-16)10(15-12-8)9-2-1-4-11-9/h9,11H,1-6H2. The molecule has 6 heteroatoms. The molecule has 0 bridgehead atoms. The zero-order chi connectivity index (χ0) is 11.2. The highest BCUT2D eigenvalue weighted by atomic mass is 32.2. The molecule has 5 nitrogen and oxygen atoms in total. The molecule has 1 atom stereocenters. The molecule has 3 heterocycles. The molecule has 0 amide bonds. The van der Waals surface area contributed by atoms with Crippen molar-refractivity contribution >= 4 is 9.84 Å². The zero-order valence-corrected chi connectivity index (χ0v) is 9.72. The van der Waals surface area contributed by atoms with Gasteiger partial charge in [0.25, 0.3) is 0 Å². The van der Waals surface area contributed by atoms with Crippen molar-refractivity contribution in [2.45, 2.75) is 31.1 Å². The molecule has 2 aliphatic heterocycles. The summed E-state index contributed by atoms with van der Waals surface area (Å²) in [5, 5.41) is 7.30. The fraction of sp³-hybridized carbons (Fsp3) is 0.700. The van der Waals surface area contributed by atoms with Crippen LogP contribution < -0.4 is 5.32 Å². The van der Waals surface area contributed by atoms with Crippen LogP contribution in [-0.4, -0.2) is 25.9 Å². The summed E-state index contributed by atoms with van der Waals surface area (Å²) in [4.78, 5) is 0. The van der Waals surface area contributed by atoms with Crippen molar-refractivity contribution in [1.29, 1.82) is 0 Å². The van der Waals surface area contributed by atoms with Gasteiger partial charge < -0.3 is 9.84 Å². The minimum Gasteiger partial charge on any atom is -0.359 e. The Labute approximate surface area is 94.1 Å². The van der Waals surface area contributed by atoms with Gasteiger partial charge in [0.2, 0.25) is 0 Å². The first-order valence-electron chi connectivity index (χ1n) is 5.57. The summed E-state index contributed by atoms with van der Waals surface area (Å²) in [6.07, 6.45) is 2.60. The molecule has 3 rings (SSSR count). The minimum atomic E-state index is -2.95. The van der Waals surface area contributed by atoms with Crippen molar-refractivity contribution in [3.63, 3.8) is 0 Å². The van der Waals surface area contributed by atoms with E-state index in [1.54, 1.807) is 0 Å². The molecule has 0 saturated carbocycles. The molecular weight excluding hydrogens is 228 g/mol. The normalized spacial score (nSPS) is 27.9. The Kier molecular flexibility index (Phi) is 2.29. The smallest absolute Gasteiger partial charge is 0.158 e. The fourth-order valence-corrected chi connectivity index (χ4v) is 3.83. The molecule has 2 aliphatic rings. The van der Waals surface area contributed by atoms with Crippen LogP contribution >= 0.6 is 0 Å². The minimum absolute atomic E-state index is 0.0966. The van der Waals surface area contributed by atoms with E-state index in [1.165, 1.54) is 0 Å². The van der Waals surface area contributed by atoms with Crippen molar-refractivity contribution in [1.82, 2.24) is 10.5 Å². The maximum atomic E-state index is 11.6. The monoisotopic (exact) mass is 242 g/mol. The Morgan fingerprint density at radius 2 is 2.31 bits per heavy atom. The van der Waals surface area contributed by atoms with Crippen molar-refractivity contribution in [3.8, 4) is 0 Å². The van der Waals surface area contributed by atoms with E-state index < -0.39 is 9.84 Å². The average Bonchev–Trinajstić information content (AvgIpc) is 2.82. The fourth-order valence-electron chi connectivity index (χ4n) is 2.43. The van der Waals surface area contributed by atoms with Crippen LogP contribution in [0.1, 0.15) is 35.9 Å². The molecule has 1 saturated heterocycles. The van der Waals surface area contributed by atoms with Gasteiger partial charge in [-0.15, -0.1) is 0 Å². The van der Waals surface area contributed by atoms with Crippen molar-refractivity contribution < 1.29 is 12.9 Å². The van der Waals surface area contributed by atoms with Gasteiger partial charge in [-0.2, -0.15) is 0 Å². The van der Waals surface area contributed by atoms with Gasteiger partial charge in [-0.25, -0.2) is 8.42 Å². The lowest BCUT2D eigenvalue weighted by Gasteiger charge is -2.13. The van der Waals surface area contributed by atoms with Crippen LogP contribution in [0.5, 0.6) is 0 Å².